The summed E-state index contributed by atoms with van der Waals surface area (Å²) in [5.41, 5.74) is 4.72. The van der Waals surface area contributed by atoms with E-state index in [1.807, 2.05) is 13.0 Å². The molecule has 112 valence electrons. The van der Waals surface area contributed by atoms with Gasteiger partial charge < -0.3 is 5.32 Å². The zero-order valence-corrected chi connectivity index (χ0v) is 13.1. The average molecular weight is 285 g/mol. The summed E-state index contributed by atoms with van der Waals surface area (Å²) in [7, 11) is 0. The molecule has 1 atom stereocenters. The molecule has 1 unspecified atom stereocenters. The molecule has 2 heteroatoms. The Morgan fingerprint density at radius 2 is 1.76 bits per heavy atom. The second-order valence-corrected chi connectivity index (χ2v) is 5.48. The monoisotopic (exact) mass is 285 g/mol. The van der Waals surface area contributed by atoms with Crippen molar-refractivity contribution in [3.63, 3.8) is 0 Å². The molecule has 0 saturated heterocycles. The molecule has 2 rings (SSSR count). The molecular formula is C19H24FN. The van der Waals surface area contributed by atoms with Gasteiger partial charge in [0.25, 0.3) is 0 Å². The number of aryl methyl sites for hydroxylation is 2. The summed E-state index contributed by atoms with van der Waals surface area (Å²) < 4.78 is 13.3. The highest BCUT2D eigenvalue weighted by molar-refractivity contribution is 5.38. The van der Waals surface area contributed by atoms with Crippen molar-refractivity contribution in [2.75, 3.05) is 6.54 Å². The zero-order valence-electron chi connectivity index (χ0n) is 13.1. The first-order chi connectivity index (χ1) is 10.2. The van der Waals surface area contributed by atoms with Gasteiger partial charge in [-0.3, -0.25) is 0 Å². The van der Waals surface area contributed by atoms with E-state index >= 15 is 0 Å². The van der Waals surface area contributed by atoms with E-state index in [2.05, 4.69) is 43.4 Å². The first kappa shape index (κ1) is 15.7. The van der Waals surface area contributed by atoms with Gasteiger partial charge in [-0.1, -0.05) is 50.6 Å². The number of hydrogen-bond donors (Lipinski definition) is 1. The highest BCUT2D eigenvalue weighted by Crippen LogP contribution is 2.26. The van der Waals surface area contributed by atoms with E-state index in [0.29, 0.717) is 0 Å². The van der Waals surface area contributed by atoms with Crippen LogP contribution in [-0.2, 0) is 6.42 Å². The van der Waals surface area contributed by atoms with E-state index in [9.17, 15) is 4.39 Å². The van der Waals surface area contributed by atoms with Crippen molar-refractivity contribution in [3.8, 4) is 0 Å². The first-order valence-corrected chi connectivity index (χ1v) is 7.74. The summed E-state index contributed by atoms with van der Waals surface area (Å²) in [6.45, 7) is 7.13. The molecule has 0 radical (unpaired) electrons. The molecule has 0 bridgehead atoms. The molecule has 0 saturated carbocycles. The third-order valence-corrected chi connectivity index (χ3v) is 3.80. The molecule has 0 amide bonds. The molecule has 1 nitrogen and oxygen atoms in total. The maximum Gasteiger partial charge on any atom is 0.123 e. The van der Waals surface area contributed by atoms with Gasteiger partial charge >= 0.3 is 0 Å². The van der Waals surface area contributed by atoms with Crippen LogP contribution in [0.3, 0.4) is 0 Å². The Bertz CT molecular complexity index is 575. The Morgan fingerprint density at radius 1 is 1.05 bits per heavy atom. The van der Waals surface area contributed by atoms with Gasteiger partial charge in [0.1, 0.15) is 5.82 Å². The van der Waals surface area contributed by atoms with Gasteiger partial charge in [0.15, 0.2) is 0 Å². The minimum absolute atomic E-state index is 0.117. The maximum atomic E-state index is 13.3. The third-order valence-electron chi connectivity index (χ3n) is 3.80. The van der Waals surface area contributed by atoms with E-state index in [4.69, 9.17) is 0 Å². The van der Waals surface area contributed by atoms with Crippen LogP contribution in [-0.4, -0.2) is 6.54 Å². The Morgan fingerprint density at radius 3 is 2.33 bits per heavy atom. The van der Waals surface area contributed by atoms with Crippen LogP contribution in [0.5, 0.6) is 0 Å². The minimum atomic E-state index is -0.176. The van der Waals surface area contributed by atoms with Crippen LogP contribution < -0.4 is 5.32 Å². The highest BCUT2D eigenvalue weighted by atomic mass is 19.1. The average Bonchev–Trinajstić information content (AvgIpc) is 2.47. The predicted molar refractivity (Wildman–Crippen MR) is 87.1 cm³/mol. The quantitative estimate of drug-likeness (QED) is 0.805. The lowest BCUT2D eigenvalue weighted by molar-refractivity contribution is 0.610. The summed E-state index contributed by atoms with van der Waals surface area (Å²) in [6, 6.07) is 13.9. The van der Waals surface area contributed by atoms with Gasteiger partial charge in [0, 0.05) is 0 Å². The fourth-order valence-electron chi connectivity index (χ4n) is 2.74. The summed E-state index contributed by atoms with van der Waals surface area (Å²) in [5.74, 6) is -0.176. The lowest BCUT2D eigenvalue weighted by Gasteiger charge is -2.21. The number of rotatable bonds is 6. The molecule has 21 heavy (non-hydrogen) atoms. The van der Waals surface area contributed by atoms with Gasteiger partial charge in [-0.25, -0.2) is 4.39 Å². The van der Waals surface area contributed by atoms with Crippen molar-refractivity contribution in [1.29, 1.82) is 0 Å². The summed E-state index contributed by atoms with van der Waals surface area (Å²) in [4.78, 5) is 0. The van der Waals surface area contributed by atoms with E-state index in [1.54, 1.807) is 6.07 Å². The summed E-state index contributed by atoms with van der Waals surface area (Å²) >= 11 is 0. The number of halogens is 1. The van der Waals surface area contributed by atoms with Crippen LogP contribution in [0.1, 0.15) is 48.6 Å². The second kappa shape index (κ2) is 7.37. The third kappa shape index (κ3) is 3.92. The second-order valence-electron chi connectivity index (χ2n) is 5.48. The molecule has 0 aliphatic carbocycles. The van der Waals surface area contributed by atoms with Crippen LogP contribution in [0.25, 0.3) is 0 Å². The Labute approximate surface area is 127 Å². The molecule has 0 aliphatic rings. The van der Waals surface area contributed by atoms with Gasteiger partial charge in [0.2, 0.25) is 0 Å². The molecule has 2 aromatic carbocycles. The van der Waals surface area contributed by atoms with Crippen molar-refractivity contribution in [1.82, 2.24) is 5.32 Å². The molecule has 2 aromatic rings. The highest BCUT2D eigenvalue weighted by Gasteiger charge is 2.15. The van der Waals surface area contributed by atoms with Gasteiger partial charge in [-0.15, -0.1) is 0 Å². The molecule has 0 fully saturated rings. The number of hydrogen-bond acceptors (Lipinski definition) is 1. The fourth-order valence-corrected chi connectivity index (χ4v) is 2.74. The van der Waals surface area contributed by atoms with Crippen LogP contribution in [0.2, 0.25) is 0 Å². The lowest BCUT2D eigenvalue weighted by atomic mass is 9.94. The van der Waals surface area contributed by atoms with Crippen LogP contribution in [0, 0.1) is 12.7 Å². The Balaban J connectivity index is 2.33. The Kier molecular flexibility index (Phi) is 5.51. The van der Waals surface area contributed by atoms with Crippen molar-refractivity contribution in [2.45, 2.75) is 39.7 Å². The summed E-state index contributed by atoms with van der Waals surface area (Å²) in [5, 5.41) is 3.50. The van der Waals surface area contributed by atoms with E-state index in [1.165, 1.54) is 17.2 Å². The molecule has 0 aliphatic heterocycles. The maximum absolute atomic E-state index is 13.3. The normalized spacial score (nSPS) is 12.4. The van der Waals surface area contributed by atoms with Gasteiger partial charge in [-0.2, -0.15) is 0 Å². The zero-order chi connectivity index (χ0) is 15.2. The topological polar surface area (TPSA) is 12.0 Å². The van der Waals surface area contributed by atoms with Gasteiger partial charge in [0.05, 0.1) is 6.04 Å². The SMILES string of the molecule is CCCc1ccc(C(NCC)c2ccc(F)cc2C)cc1. The van der Waals surface area contributed by atoms with Crippen molar-refractivity contribution in [3.05, 3.63) is 70.5 Å². The van der Waals surface area contributed by atoms with Crippen molar-refractivity contribution < 1.29 is 4.39 Å². The number of nitrogens with one attached hydrogen (secondary N) is 1. The van der Waals surface area contributed by atoms with E-state index in [0.717, 1.165) is 30.5 Å². The standard InChI is InChI=1S/C19H24FN/c1-4-6-15-7-9-16(10-8-15)19(21-5-2)18-12-11-17(20)13-14(18)3/h7-13,19,21H,4-6H2,1-3H3. The molecular weight excluding hydrogens is 261 g/mol. The minimum Gasteiger partial charge on any atom is -0.307 e. The van der Waals surface area contributed by atoms with E-state index in [-0.39, 0.29) is 11.9 Å². The molecule has 1 N–H and O–H groups in total. The largest absolute Gasteiger partial charge is 0.307 e. The smallest absolute Gasteiger partial charge is 0.123 e. The summed E-state index contributed by atoms with van der Waals surface area (Å²) in [6.07, 6.45) is 2.27. The Hall–Kier alpha value is -1.67. The van der Waals surface area contributed by atoms with Crippen molar-refractivity contribution >= 4 is 0 Å². The lowest BCUT2D eigenvalue weighted by Crippen LogP contribution is -2.22. The predicted octanol–water partition coefficient (Wildman–Crippen LogP) is 4.79. The van der Waals surface area contributed by atoms with Crippen LogP contribution in [0.15, 0.2) is 42.5 Å². The van der Waals surface area contributed by atoms with E-state index < -0.39 is 0 Å². The van der Waals surface area contributed by atoms with Crippen LogP contribution in [0.4, 0.5) is 4.39 Å². The first-order valence-electron chi connectivity index (χ1n) is 7.74. The molecule has 0 aromatic heterocycles. The molecule has 0 heterocycles. The fraction of sp³-hybridized carbons (Fsp3) is 0.368. The van der Waals surface area contributed by atoms with Crippen LogP contribution >= 0.6 is 0 Å². The molecule has 0 spiro atoms. The number of benzene rings is 2. The van der Waals surface area contributed by atoms with Gasteiger partial charge in [-0.05, 0) is 54.3 Å². The van der Waals surface area contributed by atoms with Crippen molar-refractivity contribution in [2.24, 2.45) is 0 Å².